The van der Waals surface area contributed by atoms with Gasteiger partial charge >= 0.3 is 0 Å². The molecule has 0 radical (unpaired) electrons. The summed E-state index contributed by atoms with van der Waals surface area (Å²) in [7, 11) is 1.86. The van der Waals surface area contributed by atoms with E-state index in [1.807, 2.05) is 31.9 Å². The standard InChI is InChI=1S/C14H19FN4O.ClH/c1-14(2,16)13-17-12(20-18-13)9-19(3)8-10-6-4-5-7-11(10)15;/h4-7H,8-9,16H2,1-3H3;1H. The van der Waals surface area contributed by atoms with Gasteiger partial charge in [0.25, 0.3) is 0 Å². The van der Waals surface area contributed by atoms with Crippen LogP contribution in [-0.4, -0.2) is 22.1 Å². The Morgan fingerprint density at radius 3 is 2.52 bits per heavy atom. The molecule has 5 nitrogen and oxygen atoms in total. The molecule has 0 bridgehead atoms. The molecule has 2 aromatic rings. The predicted molar refractivity (Wildman–Crippen MR) is 80.3 cm³/mol. The lowest BCUT2D eigenvalue weighted by Crippen LogP contribution is -2.30. The van der Waals surface area contributed by atoms with Gasteiger partial charge in [-0.25, -0.2) is 4.39 Å². The number of nitrogens with two attached hydrogens (primary N) is 1. The Morgan fingerprint density at radius 1 is 1.29 bits per heavy atom. The first kappa shape index (κ1) is 17.6. The fourth-order valence-electron chi connectivity index (χ4n) is 1.79. The number of halogens is 2. The first-order valence-electron chi connectivity index (χ1n) is 6.40. The van der Waals surface area contributed by atoms with E-state index in [1.165, 1.54) is 6.07 Å². The summed E-state index contributed by atoms with van der Waals surface area (Å²) in [6.07, 6.45) is 0. The van der Waals surface area contributed by atoms with Gasteiger partial charge in [0, 0.05) is 12.1 Å². The van der Waals surface area contributed by atoms with Gasteiger partial charge in [0.2, 0.25) is 5.89 Å². The minimum atomic E-state index is -0.633. The molecule has 2 N–H and O–H groups in total. The SMILES string of the molecule is CN(Cc1nc(C(C)(C)N)no1)Cc1ccccc1F.Cl. The molecular weight excluding hydrogens is 295 g/mol. The number of aromatic nitrogens is 2. The molecule has 1 heterocycles. The highest BCUT2D eigenvalue weighted by Crippen LogP contribution is 2.14. The summed E-state index contributed by atoms with van der Waals surface area (Å²) in [5, 5.41) is 3.85. The van der Waals surface area contributed by atoms with Crippen LogP contribution < -0.4 is 5.73 Å². The lowest BCUT2D eigenvalue weighted by atomic mass is 10.1. The van der Waals surface area contributed by atoms with Crippen molar-refractivity contribution in [1.29, 1.82) is 0 Å². The van der Waals surface area contributed by atoms with Gasteiger partial charge in [-0.15, -0.1) is 12.4 Å². The van der Waals surface area contributed by atoms with Crippen molar-refractivity contribution in [1.82, 2.24) is 15.0 Å². The quantitative estimate of drug-likeness (QED) is 0.918. The lowest BCUT2D eigenvalue weighted by molar-refractivity contribution is 0.257. The Labute approximate surface area is 129 Å². The van der Waals surface area contributed by atoms with E-state index in [0.29, 0.717) is 30.4 Å². The third kappa shape index (κ3) is 4.77. The van der Waals surface area contributed by atoms with Crippen molar-refractivity contribution in [3.8, 4) is 0 Å². The summed E-state index contributed by atoms with van der Waals surface area (Å²) in [6, 6.07) is 6.69. The maximum absolute atomic E-state index is 13.6. The number of hydrogen-bond acceptors (Lipinski definition) is 5. The number of benzene rings is 1. The Bertz CT molecular complexity index is 582. The van der Waals surface area contributed by atoms with E-state index >= 15 is 0 Å². The van der Waals surface area contributed by atoms with Crippen molar-refractivity contribution in [2.24, 2.45) is 5.73 Å². The molecule has 1 aromatic heterocycles. The Kier molecular flexibility index (Phi) is 5.83. The molecule has 2 rings (SSSR count). The first-order valence-corrected chi connectivity index (χ1v) is 6.40. The zero-order valence-corrected chi connectivity index (χ0v) is 13.2. The molecular formula is C14H20ClFN4O. The van der Waals surface area contributed by atoms with Gasteiger partial charge < -0.3 is 10.3 Å². The van der Waals surface area contributed by atoms with Crippen LogP contribution in [0.3, 0.4) is 0 Å². The topological polar surface area (TPSA) is 68.2 Å². The number of rotatable bonds is 5. The van der Waals surface area contributed by atoms with Crippen LogP contribution in [0.5, 0.6) is 0 Å². The van der Waals surface area contributed by atoms with E-state index in [4.69, 9.17) is 10.3 Å². The highest BCUT2D eigenvalue weighted by molar-refractivity contribution is 5.85. The van der Waals surface area contributed by atoms with Gasteiger partial charge in [0.15, 0.2) is 5.82 Å². The molecule has 0 amide bonds. The smallest absolute Gasteiger partial charge is 0.240 e. The zero-order chi connectivity index (χ0) is 14.8. The first-order chi connectivity index (χ1) is 9.36. The van der Waals surface area contributed by atoms with Gasteiger partial charge in [-0.2, -0.15) is 4.98 Å². The van der Waals surface area contributed by atoms with Crippen molar-refractivity contribution in [3.05, 3.63) is 47.4 Å². The molecule has 21 heavy (non-hydrogen) atoms. The van der Waals surface area contributed by atoms with Gasteiger partial charge in [-0.05, 0) is 27.0 Å². The Balaban J connectivity index is 0.00000220. The summed E-state index contributed by atoms with van der Waals surface area (Å²) in [5.41, 5.74) is 5.90. The van der Waals surface area contributed by atoms with E-state index in [2.05, 4.69) is 10.1 Å². The number of hydrogen-bond donors (Lipinski definition) is 1. The van der Waals surface area contributed by atoms with Gasteiger partial charge in [-0.1, -0.05) is 23.4 Å². The van der Waals surface area contributed by atoms with Crippen LogP contribution in [-0.2, 0) is 18.6 Å². The van der Waals surface area contributed by atoms with E-state index < -0.39 is 5.54 Å². The summed E-state index contributed by atoms with van der Waals surface area (Å²) >= 11 is 0. The second kappa shape index (κ2) is 6.98. The van der Waals surface area contributed by atoms with E-state index in [1.54, 1.807) is 12.1 Å². The molecule has 0 fully saturated rings. The third-order valence-corrected chi connectivity index (χ3v) is 2.85. The molecule has 0 aliphatic heterocycles. The van der Waals surface area contributed by atoms with Gasteiger partial charge in [-0.3, -0.25) is 4.90 Å². The fraction of sp³-hybridized carbons (Fsp3) is 0.429. The van der Waals surface area contributed by atoms with Crippen molar-refractivity contribution in [3.63, 3.8) is 0 Å². The zero-order valence-electron chi connectivity index (χ0n) is 12.3. The summed E-state index contributed by atoms with van der Waals surface area (Å²) in [4.78, 5) is 6.15. The highest BCUT2D eigenvalue weighted by atomic mass is 35.5. The van der Waals surface area contributed by atoms with Crippen LogP contribution in [0.1, 0.15) is 31.1 Å². The molecule has 0 aliphatic carbocycles. The third-order valence-electron chi connectivity index (χ3n) is 2.85. The molecule has 0 unspecified atom stereocenters. The van der Waals surface area contributed by atoms with Crippen LogP contribution in [0.4, 0.5) is 4.39 Å². The minimum Gasteiger partial charge on any atom is -0.338 e. The van der Waals surface area contributed by atoms with Gasteiger partial charge in [0.1, 0.15) is 5.82 Å². The fourth-order valence-corrected chi connectivity index (χ4v) is 1.79. The Morgan fingerprint density at radius 2 is 1.95 bits per heavy atom. The van der Waals surface area contributed by atoms with Crippen molar-refractivity contribution in [2.75, 3.05) is 7.05 Å². The lowest BCUT2D eigenvalue weighted by Gasteiger charge is -2.14. The summed E-state index contributed by atoms with van der Waals surface area (Å²) < 4.78 is 18.7. The van der Waals surface area contributed by atoms with Crippen molar-refractivity contribution < 1.29 is 8.91 Å². The highest BCUT2D eigenvalue weighted by Gasteiger charge is 2.21. The monoisotopic (exact) mass is 314 g/mol. The number of nitrogens with zero attached hydrogens (tertiary/aromatic N) is 3. The van der Waals surface area contributed by atoms with Crippen LogP contribution in [0.2, 0.25) is 0 Å². The van der Waals surface area contributed by atoms with Crippen LogP contribution in [0.25, 0.3) is 0 Å². The predicted octanol–water partition coefficient (Wildman–Crippen LogP) is 2.46. The summed E-state index contributed by atoms with van der Waals surface area (Å²) in [6.45, 7) is 4.53. The summed E-state index contributed by atoms with van der Waals surface area (Å²) in [5.74, 6) is 0.720. The average molecular weight is 315 g/mol. The van der Waals surface area contributed by atoms with Crippen LogP contribution in [0.15, 0.2) is 28.8 Å². The molecule has 7 heteroatoms. The van der Waals surface area contributed by atoms with E-state index in [9.17, 15) is 4.39 Å². The molecule has 0 atom stereocenters. The van der Waals surface area contributed by atoms with Crippen molar-refractivity contribution in [2.45, 2.75) is 32.5 Å². The minimum absolute atomic E-state index is 0. The van der Waals surface area contributed by atoms with Crippen LogP contribution in [0, 0.1) is 5.82 Å². The molecule has 116 valence electrons. The molecule has 0 spiro atoms. The van der Waals surface area contributed by atoms with Crippen LogP contribution >= 0.6 is 12.4 Å². The largest absolute Gasteiger partial charge is 0.338 e. The second-order valence-corrected chi connectivity index (χ2v) is 5.50. The molecule has 0 aliphatic rings. The molecule has 0 saturated heterocycles. The van der Waals surface area contributed by atoms with E-state index in [-0.39, 0.29) is 18.2 Å². The molecule has 1 aromatic carbocycles. The second-order valence-electron chi connectivity index (χ2n) is 5.50. The maximum Gasteiger partial charge on any atom is 0.240 e. The van der Waals surface area contributed by atoms with E-state index in [0.717, 1.165) is 0 Å². The Hall–Kier alpha value is -1.50. The maximum atomic E-state index is 13.6. The van der Waals surface area contributed by atoms with Gasteiger partial charge in [0.05, 0.1) is 12.1 Å². The van der Waals surface area contributed by atoms with Crippen molar-refractivity contribution >= 4 is 12.4 Å². The normalized spacial score (nSPS) is 11.5. The molecule has 0 saturated carbocycles. The average Bonchev–Trinajstić information content (AvgIpc) is 2.80.